The van der Waals surface area contributed by atoms with E-state index in [1.165, 1.54) is 13.4 Å². The van der Waals surface area contributed by atoms with Gasteiger partial charge < -0.3 is 20.5 Å². The van der Waals surface area contributed by atoms with E-state index in [9.17, 15) is 4.79 Å². The van der Waals surface area contributed by atoms with Gasteiger partial charge in [-0.15, -0.1) is 0 Å². The van der Waals surface area contributed by atoms with Crippen LogP contribution in [0, 0.1) is 0 Å². The summed E-state index contributed by atoms with van der Waals surface area (Å²) < 4.78 is 10.3. The lowest BCUT2D eigenvalue weighted by Crippen LogP contribution is -2.13. The molecule has 0 fully saturated rings. The molecule has 2 rings (SSSR count). The van der Waals surface area contributed by atoms with Gasteiger partial charge in [0.05, 0.1) is 12.7 Å². The van der Waals surface area contributed by atoms with Crippen molar-refractivity contribution in [1.29, 1.82) is 0 Å². The number of ether oxygens (including phenoxy) is 2. The predicted octanol–water partition coefficient (Wildman–Crippen LogP) is 2.46. The molecule has 0 aliphatic rings. The highest BCUT2D eigenvalue weighted by molar-refractivity contribution is 5.89. The molecule has 0 unspecified atom stereocenters. The summed E-state index contributed by atoms with van der Waals surface area (Å²) >= 11 is 0. The number of hydrogen-bond donors (Lipinski definition) is 2. The van der Waals surface area contributed by atoms with Gasteiger partial charge in [-0.05, 0) is 38.1 Å². The van der Waals surface area contributed by atoms with Crippen molar-refractivity contribution < 1.29 is 14.3 Å². The van der Waals surface area contributed by atoms with E-state index in [-0.39, 0.29) is 11.9 Å². The maximum atomic E-state index is 11.4. The Balaban J connectivity index is 2.18. The molecule has 1 aromatic heterocycles. The smallest absolute Gasteiger partial charge is 0.337 e. The lowest BCUT2D eigenvalue weighted by molar-refractivity contribution is 0.0600. The van der Waals surface area contributed by atoms with Crippen LogP contribution in [0.1, 0.15) is 24.2 Å². The van der Waals surface area contributed by atoms with Gasteiger partial charge in [0.1, 0.15) is 17.8 Å². The minimum absolute atomic E-state index is 0.185. The van der Waals surface area contributed by atoms with E-state index in [1.54, 1.807) is 24.3 Å². The van der Waals surface area contributed by atoms with Crippen molar-refractivity contribution in [1.82, 2.24) is 9.97 Å². The van der Waals surface area contributed by atoms with E-state index < -0.39 is 5.97 Å². The first kappa shape index (κ1) is 15.6. The third-order valence-electron chi connectivity index (χ3n) is 2.76. The largest absolute Gasteiger partial charge is 0.465 e. The van der Waals surface area contributed by atoms with E-state index in [1.807, 2.05) is 13.8 Å². The fourth-order valence-electron chi connectivity index (χ4n) is 1.74. The van der Waals surface area contributed by atoms with Crippen molar-refractivity contribution in [3.05, 3.63) is 36.2 Å². The number of nitrogens with zero attached hydrogens (tertiary/aromatic N) is 2. The molecular weight excluding hydrogens is 284 g/mol. The highest BCUT2D eigenvalue weighted by atomic mass is 16.5. The Kier molecular flexibility index (Phi) is 4.77. The quantitative estimate of drug-likeness (QED) is 0.818. The zero-order valence-electron chi connectivity index (χ0n) is 12.7. The van der Waals surface area contributed by atoms with Crippen LogP contribution >= 0.6 is 0 Å². The van der Waals surface area contributed by atoms with Crippen LogP contribution in [0.3, 0.4) is 0 Å². The first-order valence-corrected chi connectivity index (χ1v) is 6.74. The summed E-state index contributed by atoms with van der Waals surface area (Å²) in [5.41, 5.74) is 6.76. The van der Waals surface area contributed by atoms with Gasteiger partial charge in [0, 0.05) is 6.04 Å². The molecule has 0 aliphatic heterocycles. The monoisotopic (exact) mass is 302 g/mol. The lowest BCUT2D eigenvalue weighted by atomic mass is 10.2. The number of benzene rings is 1. The molecule has 1 aromatic carbocycles. The van der Waals surface area contributed by atoms with Crippen LogP contribution in [-0.4, -0.2) is 29.1 Å². The SMILES string of the molecule is COC(=O)c1ccc(Oc2ncnc(NC(C)C)c2N)cc1. The van der Waals surface area contributed by atoms with Gasteiger partial charge in [0.25, 0.3) is 0 Å². The first-order chi connectivity index (χ1) is 10.5. The second-order valence-electron chi connectivity index (χ2n) is 4.86. The van der Waals surface area contributed by atoms with Crippen LogP contribution in [0.4, 0.5) is 11.5 Å². The van der Waals surface area contributed by atoms with Crippen molar-refractivity contribution in [2.24, 2.45) is 0 Å². The number of rotatable bonds is 5. The summed E-state index contributed by atoms with van der Waals surface area (Å²) in [4.78, 5) is 19.5. The van der Waals surface area contributed by atoms with Crippen LogP contribution < -0.4 is 15.8 Å². The zero-order chi connectivity index (χ0) is 16.1. The average Bonchev–Trinajstić information content (AvgIpc) is 2.51. The molecule has 0 saturated carbocycles. The number of nitrogens with two attached hydrogens (primary N) is 1. The van der Waals surface area contributed by atoms with Crippen molar-refractivity contribution >= 4 is 17.5 Å². The number of hydrogen-bond acceptors (Lipinski definition) is 7. The molecule has 0 radical (unpaired) electrons. The van der Waals surface area contributed by atoms with E-state index in [2.05, 4.69) is 20.0 Å². The van der Waals surface area contributed by atoms with Gasteiger partial charge in [-0.3, -0.25) is 0 Å². The Hall–Kier alpha value is -2.83. The average molecular weight is 302 g/mol. The summed E-state index contributed by atoms with van der Waals surface area (Å²) in [7, 11) is 1.33. The molecule has 1 heterocycles. The van der Waals surface area contributed by atoms with Crippen molar-refractivity contribution in [3.8, 4) is 11.6 Å². The van der Waals surface area contributed by atoms with E-state index in [4.69, 9.17) is 10.5 Å². The molecule has 2 aromatic rings. The van der Waals surface area contributed by atoms with Crippen LogP contribution in [0.15, 0.2) is 30.6 Å². The molecule has 22 heavy (non-hydrogen) atoms. The Labute approximate surface area is 128 Å². The molecule has 0 saturated heterocycles. The second-order valence-corrected chi connectivity index (χ2v) is 4.86. The van der Waals surface area contributed by atoms with Crippen LogP contribution in [0.2, 0.25) is 0 Å². The van der Waals surface area contributed by atoms with Gasteiger partial charge in [0.2, 0.25) is 5.88 Å². The fourth-order valence-corrected chi connectivity index (χ4v) is 1.74. The predicted molar refractivity (Wildman–Crippen MR) is 83.1 cm³/mol. The van der Waals surface area contributed by atoms with E-state index in [0.29, 0.717) is 22.8 Å². The highest BCUT2D eigenvalue weighted by Gasteiger charge is 2.11. The maximum Gasteiger partial charge on any atom is 0.337 e. The number of carbonyl (C=O) groups is 1. The minimum atomic E-state index is -0.406. The standard InChI is InChI=1S/C15H18N4O3/c1-9(2)19-13-12(16)14(18-8-17-13)22-11-6-4-10(5-7-11)15(20)21-3/h4-9H,16H2,1-3H3,(H,17,18,19). The highest BCUT2D eigenvalue weighted by Crippen LogP contribution is 2.29. The number of nitrogen functional groups attached to an aromatic ring is 1. The number of carbonyl (C=O) groups excluding carboxylic acids is 1. The number of esters is 1. The number of anilines is 2. The Bertz CT molecular complexity index is 656. The zero-order valence-corrected chi connectivity index (χ0v) is 12.7. The van der Waals surface area contributed by atoms with Gasteiger partial charge in [-0.2, -0.15) is 4.98 Å². The van der Waals surface area contributed by atoms with Gasteiger partial charge in [-0.1, -0.05) is 0 Å². The van der Waals surface area contributed by atoms with E-state index in [0.717, 1.165) is 0 Å². The van der Waals surface area contributed by atoms with Crippen molar-refractivity contribution in [2.45, 2.75) is 19.9 Å². The maximum absolute atomic E-state index is 11.4. The van der Waals surface area contributed by atoms with Crippen molar-refractivity contribution in [3.63, 3.8) is 0 Å². The van der Waals surface area contributed by atoms with Gasteiger partial charge >= 0.3 is 5.97 Å². The minimum Gasteiger partial charge on any atom is -0.465 e. The summed E-state index contributed by atoms with van der Waals surface area (Å²) in [5.74, 6) is 0.875. The topological polar surface area (TPSA) is 99.4 Å². The van der Waals surface area contributed by atoms with Crippen molar-refractivity contribution in [2.75, 3.05) is 18.2 Å². The number of nitrogens with one attached hydrogen (secondary N) is 1. The molecule has 0 amide bonds. The molecule has 0 atom stereocenters. The molecule has 7 heteroatoms. The normalized spacial score (nSPS) is 10.4. The number of methoxy groups -OCH3 is 1. The third-order valence-corrected chi connectivity index (χ3v) is 2.76. The van der Waals surface area contributed by atoms with E-state index >= 15 is 0 Å². The molecule has 0 spiro atoms. The molecular formula is C15H18N4O3. The summed E-state index contributed by atoms with van der Waals surface area (Å²) in [6.45, 7) is 3.96. The molecule has 7 nitrogen and oxygen atoms in total. The lowest BCUT2D eigenvalue weighted by Gasteiger charge is -2.13. The molecule has 0 bridgehead atoms. The first-order valence-electron chi connectivity index (χ1n) is 6.74. The summed E-state index contributed by atoms with van der Waals surface area (Å²) in [6, 6.07) is 6.68. The second kappa shape index (κ2) is 6.75. The molecule has 3 N–H and O–H groups in total. The fraction of sp³-hybridized carbons (Fsp3) is 0.267. The van der Waals surface area contributed by atoms with Gasteiger partial charge in [-0.25, -0.2) is 9.78 Å². The summed E-state index contributed by atoms with van der Waals surface area (Å²) in [5, 5.41) is 3.11. The Morgan fingerprint density at radius 1 is 1.23 bits per heavy atom. The Morgan fingerprint density at radius 2 is 1.91 bits per heavy atom. The van der Waals surface area contributed by atoms with Crippen LogP contribution in [0.25, 0.3) is 0 Å². The molecule has 116 valence electrons. The third kappa shape index (κ3) is 3.63. The van der Waals surface area contributed by atoms with Gasteiger partial charge in [0.15, 0.2) is 5.82 Å². The molecule has 0 aliphatic carbocycles. The Morgan fingerprint density at radius 3 is 2.50 bits per heavy atom. The van der Waals surface area contributed by atoms with Crippen LogP contribution in [-0.2, 0) is 4.74 Å². The number of aromatic nitrogens is 2. The summed E-state index contributed by atoms with van der Waals surface area (Å²) in [6.07, 6.45) is 1.37. The van der Waals surface area contributed by atoms with Crippen LogP contribution in [0.5, 0.6) is 11.6 Å².